The summed E-state index contributed by atoms with van der Waals surface area (Å²) in [6.45, 7) is 11.2. The second-order valence-corrected chi connectivity index (χ2v) is 24.6. The summed E-state index contributed by atoms with van der Waals surface area (Å²) in [5.74, 6) is -2.83. The number of aliphatic carboxylic acids is 1. The highest BCUT2D eigenvalue weighted by atomic mass is 32.1. The molecule has 18 nitrogen and oxygen atoms in total. The zero-order chi connectivity index (χ0) is 61.8. The first-order valence-corrected chi connectivity index (χ1v) is 29.8. The summed E-state index contributed by atoms with van der Waals surface area (Å²) < 4.78 is 21.2. The van der Waals surface area contributed by atoms with Gasteiger partial charge in [-0.3, -0.25) is 38.4 Å². The normalized spacial score (nSPS) is 16.9. The molecule has 2 amide bonds. The van der Waals surface area contributed by atoms with Gasteiger partial charge in [0.1, 0.15) is 40.1 Å². The van der Waals surface area contributed by atoms with Gasteiger partial charge >= 0.3 is 5.97 Å². The Morgan fingerprint density at radius 1 is 0.562 bits per heavy atom. The highest BCUT2D eigenvalue weighted by Crippen LogP contribution is 2.31. The van der Waals surface area contributed by atoms with Crippen LogP contribution in [-0.4, -0.2) is 119 Å². The van der Waals surface area contributed by atoms with E-state index in [2.05, 4.69) is 20.6 Å². The van der Waals surface area contributed by atoms with Crippen LogP contribution in [0.1, 0.15) is 119 Å². The molecule has 4 heterocycles. The van der Waals surface area contributed by atoms with E-state index in [4.69, 9.17) is 29.8 Å². The number of carboxylic acids is 1. The van der Waals surface area contributed by atoms with Crippen LogP contribution in [0, 0.1) is 31.6 Å². The van der Waals surface area contributed by atoms with E-state index < -0.39 is 53.1 Å². The lowest BCUT2D eigenvalue weighted by Gasteiger charge is -2.24. The smallest absolute Gasteiger partial charge is 0.308 e. The molecule has 0 bridgehead atoms. The number of amides is 2. The fourth-order valence-electron chi connectivity index (χ4n) is 9.26. The Morgan fingerprint density at radius 2 is 0.921 bits per heavy atom. The number of nitrogens with two attached hydrogens (primary N) is 1. The number of ether oxygens (including phenoxy) is 4. The fraction of sp³-hybridized carbons (Fsp3) is 0.449. The molecule has 2 aliphatic rings. The summed E-state index contributed by atoms with van der Waals surface area (Å²) in [6, 6.07) is 31.4. The second kappa shape index (κ2) is 36.8. The molecule has 4 unspecified atom stereocenters. The minimum atomic E-state index is -0.917. The number of thiazole rings is 2. The largest absolute Gasteiger partial charge is 0.497 e. The molecular weight excluding hydrogens is 1170 g/mol. The molecule has 89 heavy (non-hydrogen) atoms. The summed E-state index contributed by atoms with van der Waals surface area (Å²) >= 11 is 2.89. The Labute approximate surface area is 534 Å². The lowest BCUT2D eigenvalue weighted by molar-refractivity contribution is -0.136. The molecule has 0 radical (unpaired) electrons. The quantitative estimate of drug-likeness (QED) is 0.0305. The van der Waals surface area contributed by atoms with Crippen LogP contribution in [0.4, 0.5) is 0 Å². The third kappa shape index (κ3) is 25.1. The summed E-state index contributed by atoms with van der Waals surface area (Å²) in [4.78, 5) is 112. The van der Waals surface area contributed by atoms with Gasteiger partial charge < -0.3 is 40.4 Å². The number of nitrogens with zero attached hydrogens (tertiary/aromatic N) is 2. The Balaban J connectivity index is 0.000000513. The van der Waals surface area contributed by atoms with E-state index in [1.165, 1.54) is 22.7 Å². The van der Waals surface area contributed by atoms with Crippen LogP contribution >= 0.6 is 22.7 Å². The van der Waals surface area contributed by atoms with Gasteiger partial charge in [-0.05, 0) is 107 Å². The number of methoxy groups -OCH3 is 2. The van der Waals surface area contributed by atoms with Crippen molar-refractivity contribution in [3.05, 3.63) is 164 Å². The molecule has 2 saturated heterocycles. The van der Waals surface area contributed by atoms with Gasteiger partial charge in [0.25, 0.3) is 0 Å². The van der Waals surface area contributed by atoms with E-state index >= 15 is 0 Å². The number of hydrogen-bond donors (Lipinski definition) is 4. The molecule has 2 aromatic heterocycles. The van der Waals surface area contributed by atoms with Crippen LogP contribution in [-0.2, 0) is 86.4 Å². The molecule has 8 rings (SSSR count). The first-order valence-electron chi connectivity index (χ1n) is 28.1. The molecule has 2 fully saturated rings. The van der Waals surface area contributed by atoms with Crippen LogP contribution in [0.3, 0.4) is 0 Å². The summed E-state index contributed by atoms with van der Waals surface area (Å²) in [7, 11) is 3.16. The number of ketones is 5. The average molecular weight is 1260 g/mol. The Morgan fingerprint density at radius 3 is 1.25 bits per heavy atom. The summed E-state index contributed by atoms with van der Waals surface area (Å²) in [5, 5.41) is 16.0. The monoisotopic (exact) mass is 1260 g/mol. The van der Waals surface area contributed by atoms with E-state index in [9.17, 15) is 38.4 Å². The number of carbonyl (C=O) groups is 8. The number of carbonyl (C=O) groups excluding carboxylic acids is 7. The van der Waals surface area contributed by atoms with Gasteiger partial charge in [-0.2, -0.15) is 0 Å². The molecule has 484 valence electrons. The highest BCUT2D eigenvalue weighted by Gasteiger charge is 2.51. The van der Waals surface area contributed by atoms with Gasteiger partial charge in [0, 0.05) is 65.6 Å². The van der Waals surface area contributed by atoms with Crippen molar-refractivity contribution in [2.75, 3.05) is 27.4 Å². The molecule has 4 aromatic carbocycles. The van der Waals surface area contributed by atoms with Crippen LogP contribution < -0.4 is 25.8 Å². The number of benzene rings is 4. The van der Waals surface area contributed by atoms with Gasteiger partial charge in [-0.1, -0.05) is 122 Å². The third-order valence-corrected chi connectivity index (χ3v) is 16.4. The van der Waals surface area contributed by atoms with Crippen LogP contribution in [0.25, 0.3) is 0 Å². The number of carboxylic acid groups (broad SMARTS) is 1. The topological polar surface area (TPSA) is 276 Å². The Bertz CT molecular complexity index is 3210. The van der Waals surface area contributed by atoms with Crippen LogP contribution in [0.15, 0.2) is 122 Å². The minimum absolute atomic E-state index is 0. The van der Waals surface area contributed by atoms with Gasteiger partial charge in [0.15, 0.2) is 11.6 Å². The molecular formula is C69H93N5O13S2. The van der Waals surface area contributed by atoms with Crippen molar-refractivity contribution in [3.8, 4) is 11.5 Å². The molecule has 0 saturated carbocycles. The van der Waals surface area contributed by atoms with Crippen LogP contribution in [0.5, 0.6) is 11.5 Å². The summed E-state index contributed by atoms with van der Waals surface area (Å²) in [5.41, 5.74) is 7.55. The Hall–Kier alpha value is -7.62. The number of hydrogen-bond acceptors (Lipinski definition) is 17. The summed E-state index contributed by atoms with van der Waals surface area (Å²) in [6.07, 6.45) is 4.97. The van der Waals surface area contributed by atoms with E-state index in [1.54, 1.807) is 54.3 Å². The molecule has 6 aromatic rings. The zero-order valence-electron chi connectivity index (χ0n) is 49.4. The standard InChI is InChI=1S/C33H38N2O6S.C26H32N2O5.C6H7NO2S.4CH4/c1-21(14-26(36)18-28-19-34-22(2)42-28)30(37)17-25(15-24-10-12-27(40-4)13-11-24)32(39)35-29(31(38)33(3)20-41-33)16-23-8-6-5-7-9-23;1-17(27)23(29)15-20(13-19-9-11-21(32-3)12-10-19)25(31)28-22(24(30)26(2)16-33-26)14-18-7-5-4-6-8-18;1-4-7-3-5(10-4)2-6(8)9;;;;/h5-13,19,21,25,29H,14-18,20H2,1-4H3,(H,35,39);4-12,17,20,22H,13-16,27H2,1-3H3,(H,28,31);3H,2H2,1H3,(H,8,9);4*1H4/t21-,25?,29?,33-;17-,20?,22?,26+;;;;;/m10...../s1. The van der Waals surface area contributed by atoms with E-state index in [1.807, 2.05) is 123 Å². The molecule has 0 aliphatic carbocycles. The predicted molar refractivity (Wildman–Crippen MR) is 351 cm³/mol. The van der Waals surface area contributed by atoms with E-state index in [-0.39, 0.29) is 103 Å². The minimum Gasteiger partial charge on any atom is -0.497 e. The maximum atomic E-state index is 13.8. The van der Waals surface area contributed by atoms with Gasteiger partial charge in [-0.15, -0.1) is 22.7 Å². The van der Waals surface area contributed by atoms with Crippen molar-refractivity contribution in [2.45, 2.75) is 158 Å². The zero-order valence-corrected chi connectivity index (χ0v) is 51.1. The second-order valence-electron chi connectivity index (χ2n) is 22.0. The maximum absolute atomic E-state index is 13.8. The van der Waals surface area contributed by atoms with Crippen molar-refractivity contribution in [2.24, 2.45) is 23.5 Å². The highest BCUT2D eigenvalue weighted by molar-refractivity contribution is 7.11. The SMILES string of the molecule is C.C.C.C.COc1ccc(CC(CC(=O)[C@H](C)CC(=O)Cc2cnc(C)s2)C(=O)NC(Cc2ccccc2)C(=O)[C@@]2(C)CO2)cc1.COc1ccc(CC(CC(=O)[C@H](C)N)C(=O)NC(Cc2ccccc2)C(=O)[C@@]2(C)CO2)cc1.Cc1ncc(CC(=O)O)s1. The van der Waals surface area contributed by atoms with Gasteiger partial charge in [-0.25, -0.2) is 9.97 Å². The van der Waals surface area contributed by atoms with Crippen molar-refractivity contribution >= 4 is 69.4 Å². The molecule has 8 atom stereocenters. The third-order valence-electron chi connectivity index (χ3n) is 14.6. The van der Waals surface area contributed by atoms with Gasteiger partial charge in [0.05, 0.1) is 62.0 Å². The van der Waals surface area contributed by atoms with Crippen molar-refractivity contribution < 1.29 is 62.4 Å². The van der Waals surface area contributed by atoms with Crippen molar-refractivity contribution in [3.63, 3.8) is 0 Å². The lowest BCUT2D eigenvalue weighted by atomic mass is 9.87. The number of aryl methyl sites for hydroxylation is 2. The average Bonchev–Trinajstić information content (AvgIpc) is 3.18. The molecule has 20 heteroatoms. The molecule has 2 aliphatic heterocycles. The van der Waals surface area contributed by atoms with Gasteiger partial charge in [0.2, 0.25) is 11.8 Å². The lowest BCUT2D eigenvalue weighted by Crippen LogP contribution is -2.50. The fourth-order valence-corrected chi connectivity index (χ4v) is 10.9. The first kappa shape index (κ1) is 77.5. The van der Waals surface area contributed by atoms with Crippen molar-refractivity contribution in [1.29, 1.82) is 0 Å². The number of nitrogens with one attached hydrogen (secondary N) is 2. The van der Waals surface area contributed by atoms with Crippen molar-refractivity contribution in [1.82, 2.24) is 20.6 Å². The number of epoxide rings is 2. The number of Topliss-reactive ketones (excluding diaryl/α,β-unsaturated/α-hetero) is 5. The van der Waals surface area contributed by atoms with E-state index in [0.29, 0.717) is 50.4 Å². The maximum Gasteiger partial charge on any atom is 0.308 e. The predicted octanol–water partition coefficient (Wildman–Crippen LogP) is 10.4. The molecule has 0 spiro atoms. The molecule has 5 N–H and O–H groups in total. The first-order chi connectivity index (χ1) is 40.5. The van der Waals surface area contributed by atoms with E-state index in [0.717, 1.165) is 42.0 Å². The number of rotatable bonds is 30. The Kier molecular flexibility index (Phi) is 32.0. The van der Waals surface area contributed by atoms with Crippen LogP contribution in [0.2, 0.25) is 0 Å². The number of aromatic nitrogens is 2.